The van der Waals surface area contributed by atoms with Crippen molar-refractivity contribution in [1.82, 2.24) is 0 Å². The molecule has 104 valence electrons. The zero-order chi connectivity index (χ0) is 14.6. The maximum absolute atomic E-state index is 11.8. The maximum atomic E-state index is 11.8. The highest BCUT2D eigenvalue weighted by molar-refractivity contribution is 5.64. The molecule has 2 rings (SSSR count). The van der Waals surface area contributed by atoms with Gasteiger partial charge in [-0.05, 0) is 43.7 Å². The van der Waals surface area contributed by atoms with Crippen LogP contribution < -0.4 is 4.74 Å². The summed E-state index contributed by atoms with van der Waals surface area (Å²) in [7, 11) is 0. The molecule has 0 aliphatic rings. The van der Waals surface area contributed by atoms with Crippen molar-refractivity contribution in [3.63, 3.8) is 0 Å². The molecule has 4 heteroatoms. The molecule has 1 N–H and O–H groups in total. The van der Waals surface area contributed by atoms with Crippen molar-refractivity contribution < 1.29 is 19.4 Å². The van der Waals surface area contributed by atoms with Gasteiger partial charge in [0.25, 0.3) is 0 Å². The van der Waals surface area contributed by atoms with E-state index >= 15 is 0 Å². The molecular formula is C16H16O4. The van der Waals surface area contributed by atoms with Crippen LogP contribution in [0.2, 0.25) is 0 Å². The summed E-state index contributed by atoms with van der Waals surface area (Å²) < 4.78 is 10.4. The summed E-state index contributed by atoms with van der Waals surface area (Å²) in [6, 6.07) is 15.3. The molecule has 0 saturated carbocycles. The number of rotatable bonds is 3. The average Bonchev–Trinajstić information content (AvgIpc) is 2.42. The zero-order valence-corrected chi connectivity index (χ0v) is 11.4. The Morgan fingerprint density at radius 2 is 1.60 bits per heavy atom. The third-order valence-electron chi connectivity index (χ3n) is 2.85. The normalized spacial score (nSPS) is 10.9. The highest BCUT2D eigenvalue weighted by atomic mass is 16.7. The predicted molar refractivity (Wildman–Crippen MR) is 74.7 cm³/mol. The Hall–Kier alpha value is -2.49. The van der Waals surface area contributed by atoms with Crippen LogP contribution in [0.15, 0.2) is 54.6 Å². The fourth-order valence-electron chi connectivity index (χ4n) is 1.74. The van der Waals surface area contributed by atoms with Gasteiger partial charge in [0.2, 0.25) is 0 Å². The van der Waals surface area contributed by atoms with Crippen molar-refractivity contribution in [2.75, 3.05) is 0 Å². The zero-order valence-electron chi connectivity index (χ0n) is 11.4. The van der Waals surface area contributed by atoms with Gasteiger partial charge in [0, 0.05) is 0 Å². The Kier molecular flexibility index (Phi) is 3.94. The van der Waals surface area contributed by atoms with E-state index < -0.39 is 11.8 Å². The molecule has 0 spiro atoms. The monoisotopic (exact) mass is 272 g/mol. The second-order valence-corrected chi connectivity index (χ2v) is 4.82. The van der Waals surface area contributed by atoms with E-state index in [-0.39, 0.29) is 5.75 Å². The van der Waals surface area contributed by atoms with Gasteiger partial charge in [0.1, 0.15) is 17.1 Å². The number of aromatic hydroxyl groups is 1. The first-order valence-electron chi connectivity index (χ1n) is 6.23. The molecule has 0 atom stereocenters. The van der Waals surface area contributed by atoms with E-state index in [1.54, 1.807) is 13.8 Å². The van der Waals surface area contributed by atoms with Crippen LogP contribution in [-0.4, -0.2) is 11.3 Å². The van der Waals surface area contributed by atoms with E-state index in [0.717, 1.165) is 5.56 Å². The fraction of sp³-hybridized carbons (Fsp3) is 0.188. The van der Waals surface area contributed by atoms with Crippen molar-refractivity contribution in [3.05, 3.63) is 60.2 Å². The number of ether oxygens (including phenoxy) is 2. The number of hydrogen-bond donors (Lipinski definition) is 1. The molecule has 0 amide bonds. The molecule has 0 unspecified atom stereocenters. The molecule has 0 bridgehead atoms. The fourth-order valence-corrected chi connectivity index (χ4v) is 1.74. The largest absolute Gasteiger partial charge is 0.514 e. The molecule has 0 heterocycles. The maximum Gasteiger partial charge on any atom is 0.514 e. The van der Waals surface area contributed by atoms with Gasteiger partial charge in [-0.2, -0.15) is 0 Å². The van der Waals surface area contributed by atoms with Crippen LogP contribution in [0, 0.1) is 0 Å². The second-order valence-electron chi connectivity index (χ2n) is 4.82. The number of carbonyl (C=O) groups is 1. The van der Waals surface area contributed by atoms with Gasteiger partial charge in [0.15, 0.2) is 0 Å². The smallest absolute Gasteiger partial charge is 0.508 e. The molecule has 0 aliphatic carbocycles. The van der Waals surface area contributed by atoms with E-state index in [1.807, 2.05) is 30.3 Å². The highest BCUT2D eigenvalue weighted by Crippen LogP contribution is 2.25. The van der Waals surface area contributed by atoms with E-state index in [4.69, 9.17) is 14.6 Å². The molecule has 0 aliphatic heterocycles. The van der Waals surface area contributed by atoms with Gasteiger partial charge in [-0.25, -0.2) is 4.79 Å². The van der Waals surface area contributed by atoms with Gasteiger partial charge in [-0.1, -0.05) is 30.3 Å². The molecule has 4 nitrogen and oxygen atoms in total. The van der Waals surface area contributed by atoms with E-state index in [1.165, 1.54) is 24.3 Å². The Labute approximate surface area is 117 Å². The third-order valence-corrected chi connectivity index (χ3v) is 2.85. The molecule has 0 fully saturated rings. The van der Waals surface area contributed by atoms with Gasteiger partial charge < -0.3 is 14.6 Å². The van der Waals surface area contributed by atoms with Gasteiger partial charge in [0.05, 0.1) is 0 Å². The highest BCUT2D eigenvalue weighted by Gasteiger charge is 2.26. The van der Waals surface area contributed by atoms with Crippen molar-refractivity contribution in [2.24, 2.45) is 0 Å². The summed E-state index contributed by atoms with van der Waals surface area (Å²) in [5.74, 6) is 0.423. The first-order valence-corrected chi connectivity index (χ1v) is 6.23. The van der Waals surface area contributed by atoms with Gasteiger partial charge in [-0.3, -0.25) is 0 Å². The van der Waals surface area contributed by atoms with E-state index in [9.17, 15) is 4.79 Å². The molecule has 20 heavy (non-hydrogen) atoms. The van der Waals surface area contributed by atoms with E-state index in [2.05, 4.69) is 0 Å². The number of phenolic OH excluding ortho intramolecular Hbond substituents is 1. The van der Waals surface area contributed by atoms with Crippen LogP contribution >= 0.6 is 0 Å². The number of benzene rings is 2. The lowest BCUT2D eigenvalue weighted by Gasteiger charge is -2.24. The number of phenols is 1. The Bertz CT molecular complexity index is 573. The van der Waals surface area contributed by atoms with Crippen LogP contribution in [0.1, 0.15) is 19.4 Å². The minimum absolute atomic E-state index is 0.107. The minimum atomic E-state index is -0.787. The Morgan fingerprint density at radius 3 is 2.20 bits per heavy atom. The van der Waals surface area contributed by atoms with Gasteiger partial charge >= 0.3 is 6.16 Å². The first kappa shape index (κ1) is 13.9. The predicted octanol–water partition coefficient (Wildman–Crippen LogP) is 3.84. The number of hydrogen-bond acceptors (Lipinski definition) is 4. The summed E-state index contributed by atoms with van der Waals surface area (Å²) >= 11 is 0. The molecule has 2 aromatic rings. The lowest BCUT2D eigenvalue weighted by Crippen LogP contribution is -2.27. The topological polar surface area (TPSA) is 55.8 Å². The summed E-state index contributed by atoms with van der Waals surface area (Å²) in [6.45, 7) is 3.58. The summed E-state index contributed by atoms with van der Waals surface area (Å²) in [5.41, 5.74) is 0.0950. The minimum Gasteiger partial charge on any atom is -0.508 e. The standard InChI is InChI=1S/C16H16O4/c1-16(2,12-6-4-3-5-7-12)20-15(18)19-14-10-8-13(17)9-11-14/h3-11,17H,1-2H3. The number of carbonyl (C=O) groups excluding carboxylic acids is 1. The van der Waals surface area contributed by atoms with E-state index in [0.29, 0.717) is 5.75 Å². The lowest BCUT2D eigenvalue weighted by atomic mass is 9.98. The van der Waals surface area contributed by atoms with Crippen LogP contribution in [0.5, 0.6) is 11.5 Å². The molecule has 0 aromatic heterocycles. The van der Waals surface area contributed by atoms with Gasteiger partial charge in [-0.15, -0.1) is 0 Å². The molecule has 0 saturated heterocycles. The first-order chi connectivity index (χ1) is 9.47. The lowest BCUT2D eigenvalue weighted by molar-refractivity contribution is 0.00635. The summed E-state index contributed by atoms with van der Waals surface area (Å²) in [5, 5.41) is 9.15. The second kappa shape index (κ2) is 5.65. The van der Waals surface area contributed by atoms with Crippen molar-refractivity contribution in [1.29, 1.82) is 0 Å². The quantitative estimate of drug-likeness (QED) is 0.681. The van der Waals surface area contributed by atoms with Crippen molar-refractivity contribution in [2.45, 2.75) is 19.4 Å². The van der Waals surface area contributed by atoms with Crippen molar-refractivity contribution >= 4 is 6.16 Å². The summed E-state index contributed by atoms with van der Waals surface area (Å²) in [4.78, 5) is 11.8. The van der Waals surface area contributed by atoms with Crippen molar-refractivity contribution in [3.8, 4) is 11.5 Å². The Morgan fingerprint density at radius 1 is 1.00 bits per heavy atom. The summed E-state index contributed by atoms with van der Waals surface area (Å²) in [6.07, 6.45) is -0.787. The average molecular weight is 272 g/mol. The third kappa shape index (κ3) is 3.51. The molecule has 0 radical (unpaired) electrons. The van der Waals surface area contributed by atoms with Crippen LogP contribution in [-0.2, 0) is 10.3 Å². The van der Waals surface area contributed by atoms with Crippen LogP contribution in [0.25, 0.3) is 0 Å². The SMILES string of the molecule is CC(C)(OC(=O)Oc1ccc(O)cc1)c1ccccc1. The Balaban J connectivity index is 2.02. The molecule has 2 aromatic carbocycles. The van der Waals surface area contributed by atoms with Crippen LogP contribution in [0.3, 0.4) is 0 Å². The van der Waals surface area contributed by atoms with Crippen LogP contribution in [0.4, 0.5) is 4.79 Å². The molecular weight excluding hydrogens is 256 g/mol.